The molecular formula is C29H29NO3S2. The summed E-state index contributed by atoms with van der Waals surface area (Å²) in [5.74, 6) is 1.39. The lowest BCUT2D eigenvalue weighted by molar-refractivity contribution is -0.124. The quantitative estimate of drug-likeness (QED) is 0.249. The number of fused-ring (bicyclic) bond motifs is 1. The van der Waals surface area contributed by atoms with E-state index in [0.29, 0.717) is 33.9 Å². The van der Waals surface area contributed by atoms with E-state index in [0.717, 1.165) is 24.0 Å². The highest BCUT2D eigenvalue weighted by Gasteiger charge is 2.37. The molecular weight excluding hydrogens is 474 g/mol. The highest BCUT2D eigenvalue weighted by molar-refractivity contribution is 8.26. The van der Waals surface area contributed by atoms with Crippen LogP contribution in [0.2, 0.25) is 0 Å². The molecule has 2 fully saturated rings. The minimum Gasteiger partial charge on any atom is -0.490 e. The van der Waals surface area contributed by atoms with Gasteiger partial charge in [-0.15, -0.1) is 0 Å². The fourth-order valence-electron chi connectivity index (χ4n) is 4.86. The summed E-state index contributed by atoms with van der Waals surface area (Å²) in [5, 5.41) is 2.38. The molecule has 0 bridgehead atoms. The third-order valence-corrected chi connectivity index (χ3v) is 7.92. The van der Waals surface area contributed by atoms with Crippen LogP contribution in [0.15, 0.2) is 65.6 Å². The first kappa shape index (κ1) is 23.9. The second-order valence-corrected chi connectivity index (χ2v) is 10.6. The Morgan fingerprint density at radius 3 is 2.63 bits per heavy atom. The molecule has 0 N–H and O–H groups in total. The van der Waals surface area contributed by atoms with Crippen LogP contribution in [0.5, 0.6) is 11.5 Å². The van der Waals surface area contributed by atoms with Gasteiger partial charge in [-0.1, -0.05) is 91.8 Å². The molecule has 1 aliphatic carbocycles. The summed E-state index contributed by atoms with van der Waals surface area (Å²) in [7, 11) is 0. The Morgan fingerprint density at radius 1 is 1.00 bits per heavy atom. The van der Waals surface area contributed by atoms with Crippen LogP contribution >= 0.6 is 24.0 Å². The van der Waals surface area contributed by atoms with E-state index in [4.69, 9.17) is 21.7 Å². The number of hydrogen-bond donors (Lipinski definition) is 0. The minimum atomic E-state index is 0.0288. The van der Waals surface area contributed by atoms with Crippen LogP contribution in [-0.4, -0.2) is 27.8 Å². The smallest absolute Gasteiger partial charge is 0.266 e. The van der Waals surface area contributed by atoms with Gasteiger partial charge in [0.05, 0.1) is 11.5 Å². The van der Waals surface area contributed by atoms with Gasteiger partial charge in [0.1, 0.15) is 10.9 Å². The molecule has 1 heterocycles. The maximum atomic E-state index is 13.2. The standard InChI is InChI=1S/C29H29NO3S2/c1-2-32-26-17-20(18-27-28(31)30(29(34)35-27)23-12-4-3-5-13-23)15-16-25(26)33-19-22-11-8-10-21-9-6-7-14-24(21)22/h6-11,14-18,23H,2-5,12-13,19H2,1H3/b27-18-. The molecule has 1 amide bonds. The third-order valence-electron chi connectivity index (χ3n) is 6.59. The van der Waals surface area contributed by atoms with E-state index in [9.17, 15) is 4.79 Å². The fraction of sp³-hybridized carbons (Fsp3) is 0.310. The largest absolute Gasteiger partial charge is 0.490 e. The zero-order valence-electron chi connectivity index (χ0n) is 19.9. The Balaban J connectivity index is 1.35. The number of benzene rings is 3. The van der Waals surface area contributed by atoms with Crippen LogP contribution in [0, 0.1) is 0 Å². The van der Waals surface area contributed by atoms with E-state index in [2.05, 4.69) is 30.3 Å². The molecule has 180 valence electrons. The second kappa shape index (κ2) is 10.8. The van der Waals surface area contributed by atoms with Gasteiger partial charge in [0, 0.05) is 6.04 Å². The Morgan fingerprint density at radius 2 is 1.80 bits per heavy atom. The van der Waals surface area contributed by atoms with Gasteiger partial charge in [-0.25, -0.2) is 0 Å². The number of carbonyl (C=O) groups excluding carboxylic acids is 1. The summed E-state index contributed by atoms with van der Waals surface area (Å²) >= 11 is 6.98. The van der Waals surface area contributed by atoms with E-state index in [-0.39, 0.29) is 11.9 Å². The van der Waals surface area contributed by atoms with Crippen molar-refractivity contribution in [2.24, 2.45) is 0 Å². The molecule has 1 saturated carbocycles. The molecule has 0 aromatic heterocycles. The topological polar surface area (TPSA) is 38.8 Å². The number of rotatable bonds is 7. The minimum absolute atomic E-state index is 0.0288. The van der Waals surface area contributed by atoms with Gasteiger partial charge < -0.3 is 9.47 Å². The molecule has 0 spiro atoms. The monoisotopic (exact) mass is 503 g/mol. The summed E-state index contributed by atoms with van der Waals surface area (Å²) in [6.45, 7) is 2.93. The van der Waals surface area contributed by atoms with Crippen molar-refractivity contribution in [2.45, 2.75) is 51.7 Å². The Bertz CT molecular complexity index is 1270. The molecule has 2 aliphatic rings. The average molecular weight is 504 g/mol. The lowest BCUT2D eigenvalue weighted by atomic mass is 9.94. The molecule has 3 aromatic carbocycles. The van der Waals surface area contributed by atoms with Crippen LogP contribution in [0.25, 0.3) is 16.8 Å². The summed E-state index contributed by atoms with van der Waals surface area (Å²) in [5.41, 5.74) is 2.02. The highest BCUT2D eigenvalue weighted by atomic mass is 32.2. The van der Waals surface area contributed by atoms with E-state index in [1.165, 1.54) is 41.8 Å². The molecule has 0 atom stereocenters. The van der Waals surface area contributed by atoms with Crippen molar-refractivity contribution in [3.8, 4) is 11.5 Å². The normalized spacial score (nSPS) is 18.0. The number of carbonyl (C=O) groups is 1. The summed E-state index contributed by atoms with van der Waals surface area (Å²) in [6.07, 6.45) is 7.57. The number of thioether (sulfide) groups is 1. The van der Waals surface area contributed by atoms with Crippen molar-refractivity contribution in [3.05, 3.63) is 76.7 Å². The number of hydrogen-bond acceptors (Lipinski definition) is 5. The number of ether oxygens (including phenoxy) is 2. The maximum absolute atomic E-state index is 13.2. The zero-order valence-corrected chi connectivity index (χ0v) is 21.5. The third kappa shape index (κ3) is 5.24. The SMILES string of the molecule is CCOc1cc(/C=C2\SC(=S)N(C3CCCCC3)C2=O)ccc1OCc1cccc2ccccc12. The van der Waals surface area contributed by atoms with E-state index in [1.807, 2.05) is 48.2 Å². The molecule has 6 heteroatoms. The first-order valence-electron chi connectivity index (χ1n) is 12.3. The van der Waals surface area contributed by atoms with Crippen molar-refractivity contribution in [3.63, 3.8) is 0 Å². The molecule has 0 unspecified atom stereocenters. The van der Waals surface area contributed by atoms with Gasteiger partial charge in [-0.05, 0) is 59.9 Å². The number of nitrogens with zero attached hydrogens (tertiary/aromatic N) is 1. The van der Waals surface area contributed by atoms with Gasteiger partial charge in [0.15, 0.2) is 11.5 Å². The van der Waals surface area contributed by atoms with Crippen LogP contribution in [-0.2, 0) is 11.4 Å². The van der Waals surface area contributed by atoms with E-state index < -0.39 is 0 Å². The molecule has 5 rings (SSSR count). The van der Waals surface area contributed by atoms with Gasteiger partial charge >= 0.3 is 0 Å². The maximum Gasteiger partial charge on any atom is 0.266 e. The van der Waals surface area contributed by atoms with Crippen LogP contribution in [0.3, 0.4) is 0 Å². The predicted octanol–water partition coefficient (Wildman–Crippen LogP) is 7.35. The predicted molar refractivity (Wildman–Crippen MR) is 148 cm³/mol. The van der Waals surface area contributed by atoms with Gasteiger partial charge in [0.2, 0.25) is 0 Å². The molecule has 35 heavy (non-hydrogen) atoms. The number of thiocarbonyl (C=S) groups is 1. The summed E-state index contributed by atoms with van der Waals surface area (Å²) in [6, 6.07) is 20.6. The summed E-state index contributed by atoms with van der Waals surface area (Å²) in [4.78, 5) is 15.7. The second-order valence-electron chi connectivity index (χ2n) is 8.91. The Labute approximate surface area is 216 Å². The van der Waals surface area contributed by atoms with E-state index >= 15 is 0 Å². The Kier molecular flexibility index (Phi) is 7.40. The molecule has 3 aromatic rings. The van der Waals surface area contributed by atoms with Gasteiger partial charge in [-0.2, -0.15) is 0 Å². The van der Waals surface area contributed by atoms with E-state index in [1.54, 1.807) is 0 Å². The van der Waals surface area contributed by atoms with Crippen molar-refractivity contribution in [1.29, 1.82) is 0 Å². The molecule has 1 aliphatic heterocycles. The van der Waals surface area contributed by atoms with Gasteiger partial charge in [-0.3, -0.25) is 9.69 Å². The highest BCUT2D eigenvalue weighted by Crippen LogP contribution is 2.38. The van der Waals surface area contributed by atoms with Crippen molar-refractivity contribution in [1.82, 2.24) is 4.90 Å². The number of amides is 1. The first-order valence-corrected chi connectivity index (χ1v) is 13.5. The lowest BCUT2D eigenvalue weighted by Crippen LogP contribution is -2.39. The Hall–Kier alpha value is -2.83. The van der Waals surface area contributed by atoms with Crippen LogP contribution in [0.4, 0.5) is 0 Å². The van der Waals surface area contributed by atoms with Crippen molar-refractivity contribution < 1.29 is 14.3 Å². The molecule has 4 nitrogen and oxygen atoms in total. The molecule has 1 saturated heterocycles. The zero-order chi connectivity index (χ0) is 24.2. The lowest BCUT2D eigenvalue weighted by Gasteiger charge is -2.29. The van der Waals surface area contributed by atoms with Crippen molar-refractivity contribution >= 4 is 51.1 Å². The fourth-order valence-corrected chi connectivity index (χ4v) is 6.26. The van der Waals surface area contributed by atoms with Crippen LogP contribution < -0.4 is 9.47 Å². The first-order chi connectivity index (χ1) is 17.1. The van der Waals surface area contributed by atoms with Crippen molar-refractivity contribution in [2.75, 3.05) is 6.61 Å². The van der Waals surface area contributed by atoms with Crippen LogP contribution in [0.1, 0.15) is 50.2 Å². The van der Waals surface area contributed by atoms with Gasteiger partial charge in [0.25, 0.3) is 5.91 Å². The average Bonchev–Trinajstić information content (AvgIpc) is 3.16. The summed E-state index contributed by atoms with van der Waals surface area (Å²) < 4.78 is 12.8. The molecule has 0 radical (unpaired) electrons.